The van der Waals surface area contributed by atoms with Crippen LogP contribution in [0.1, 0.15) is 5.82 Å². The van der Waals surface area contributed by atoms with E-state index in [-0.39, 0.29) is 0 Å². The lowest BCUT2D eigenvalue weighted by atomic mass is 10.2. The molecule has 0 radical (unpaired) electrons. The van der Waals surface area contributed by atoms with Crippen molar-refractivity contribution in [3.63, 3.8) is 0 Å². The molecule has 0 saturated carbocycles. The summed E-state index contributed by atoms with van der Waals surface area (Å²) >= 11 is 6.05. The van der Waals surface area contributed by atoms with Crippen LogP contribution in [-0.4, -0.2) is 15.0 Å². The second-order valence-corrected chi connectivity index (χ2v) is 3.81. The van der Waals surface area contributed by atoms with Crippen molar-refractivity contribution in [1.82, 2.24) is 15.0 Å². The Morgan fingerprint density at radius 3 is 2.87 bits per heavy atom. The van der Waals surface area contributed by atoms with Gasteiger partial charge in [0.05, 0.1) is 0 Å². The summed E-state index contributed by atoms with van der Waals surface area (Å²) in [4.78, 5) is 11.7. The summed E-state index contributed by atoms with van der Waals surface area (Å²) in [7, 11) is 0. The van der Waals surface area contributed by atoms with Crippen molar-refractivity contribution in [2.75, 3.05) is 0 Å². The van der Waals surface area contributed by atoms with Crippen LogP contribution in [0.4, 0.5) is 0 Å². The van der Waals surface area contributed by atoms with Crippen molar-refractivity contribution in [2.24, 2.45) is 0 Å². The van der Waals surface area contributed by atoms with Crippen LogP contribution in [0.5, 0.6) is 0 Å². The third-order valence-corrected chi connectivity index (χ3v) is 2.69. The number of nitrogens with one attached hydrogen (secondary N) is 1. The first-order valence-electron chi connectivity index (χ1n) is 4.66. The Morgan fingerprint density at radius 2 is 2.00 bits per heavy atom. The molecule has 0 aliphatic rings. The number of rotatable bonds is 0. The number of hydrogen-bond donors (Lipinski definition) is 1. The maximum Gasteiger partial charge on any atom is 0.156 e. The van der Waals surface area contributed by atoms with Crippen LogP contribution in [0.3, 0.4) is 0 Å². The summed E-state index contributed by atoms with van der Waals surface area (Å²) in [6.45, 7) is 1.84. The van der Waals surface area contributed by atoms with Crippen molar-refractivity contribution in [2.45, 2.75) is 6.92 Å². The van der Waals surface area contributed by atoms with Gasteiger partial charge < -0.3 is 4.98 Å². The quantitative estimate of drug-likeness (QED) is 0.588. The van der Waals surface area contributed by atoms with Crippen LogP contribution in [-0.2, 0) is 0 Å². The monoisotopic (exact) mass is 217 g/mol. The highest BCUT2D eigenvalue weighted by Crippen LogP contribution is 2.27. The van der Waals surface area contributed by atoms with Crippen LogP contribution >= 0.6 is 11.6 Å². The van der Waals surface area contributed by atoms with Crippen molar-refractivity contribution in [3.8, 4) is 0 Å². The first-order valence-corrected chi connectivity index (χ1v) is 5.04. The number of H-pyrrole nitrogens is 1. The molecule has 74 valence electrons. The molecule has 3 rings (SSSR count). The summed E-state index contributed by atoms with van der Waals surface area (Å²) < 4.78 is 0. The second-order valence-electron chi connectivity index (χ2n) is 3.46. The molecule has 2 heterocycles. The molecule has 1 aromatic carbocycles. The van der Waals surface area contributed by atoms with E-state index in [1.807, 2.05) is 31.2 Å². The van der Waals surface area contributed by atoms with Gasteiger partial charge >= 0.3 is 0 Å². The third kappa shape index (κ3) is 1.20. The van der Waals surface area contributed by atoms with Crippen molar-refractivity contribution < 1.29 is 0 Å². The molecular weight excluding hydrogens is 210 g/mol. The zero-order valence-corrected chi connectivity index (χ0v) is 8.84. The molecule has 4 heteroatoms. The summed E-state index contributed by atoms with van der Waals surface area (Å²) in [6.07, 6.45) is 0. The van der Waals surface area contributed by atoms with Gasteiger partial charge in [0.1, 0.15) is 16.9 Å². The van der Waals surface area contributed by atoms with E-state index in [1.54, 1.807) is 0 Å². The SMILES string of the molecule is Cc1nc(Cl)c2[nH]c3ccccc3c2n1. The fraction of sp³-hybridized carbons (Fsp3) is 0.0909. The number of benzene rings is 1. The lowest BCUT2D eigenvalue weighted by Gasteiger charge is -1.95. The Labute approximate surface area is 91.1 Å². The third-order valence-electron chi connectivity index (χ3n) is 2.42. The minimum atomic E-state index is 0.480. The average molecular weight is 218 g/mol. The molecule has 0 amide bonds. The minimum absolute atomic E-state index is 0.480. The number of aryl methyl sites for hydroxylation is 1. The molecule has 3 aromatic rings. The van der Waals surface area contributed by atoms with E-state index in [2.05, 4.69) is 15.0 Å². The lowest BCUT2D eigenvalue weighted by molar-refractivity contribution is 1.09. The number of aromatic nitrogens is 3. The molecule has 0 spiro atoms. The maximum atomic E-state index is 6.05. The van der Waals surface area contributed by atoms with Gasteiger partial charge in [0, 0.05) is 10.9 Å². The molecule has 0 unspecified atom stereocenters. The van der Waals surface area contributed by atoms with Crippen LogP contribution in [0, 0.1) is 6.92 Å². The predicted molar refractivity (Wildman–Crippen MR) is 61.1 cm³/mol. The highest BCUT2D eigenvalue weighted by molar-refractivity contribution is 6.34. The molecule has 15 heavy (non-hydrogen) atoms. The first-order chi connectivity index (χ1) is 7.25. The normalized spacial score (nSPS) is 11.3. The van der Waals surface area contributed by atoms with Gasteiger partial charge in [-0.25, -0.2) is 9.97 Å². The number of hydrogen-bond acceptors (Lipinski definition) is 2. The second kappa shape index (κ2) is 2.94. The Bertz CT molecular complexity index is 657. The van der Waals surface area contributed by atoms with Gasteiger partial charge in [0.15, 0.2) is 5.15 Å². The standard InChI is InChI=1S/C11H8ClN3/c1-6-13-9-7-4-2-3-5-8(7)15-10(9)11(12)14-6/h2-5,15H,1H3. The van der Waals surface area contributed by atoms with E-state index in [0.717, 1.165) is 21.9 Å². The fourth-order valence-electron chi connectivity index (χ4n) is 1.78. The van der Waals surface area contributed by atoms with E-state index in [1.165, 1.54) is 0 Å². The number of fused-ring (bicyclic) bond motifs is 3. The zero-order chi connectivity index (χ0) is 10.4. The largest absolute Gasteiger partial charge is 0.351 e. The van der Waals surface area contributed by atoms with E-state index >= 15 is 0 Å². The smallest absolute Gasteiger partial charge is 0.156 e. The van der Waals surface area contributed by atoms with Crippen LogP contribution in [0.25, 0.3) is 21.9 Å². The average Bonchev–Trinajstić information content (AvgIpc) is 2.57. The maximum absolute atomic E-state index is 6.05. The Balaban J connectivity index is 2.61. The zero-order valence-electron chi connectivity index (χ0n) is 8.08. The molecule has 0 bridgehead atoms. The summed E-state index contributed by atoms with van der Waals surface area (Å²) in [5.74, 6) is 0.692. The number of para-hydroxylation sites is 1. The van der Waals surface area contributed by atoms with E-state index in [4.69, 9.17) is 11.6 Å². The van der Waals surface area contributed by atoms with Crippen molar-refractivity contribution in [1.29, 1.82) is 0 Å². The number of nitrogens with zero attached hydrogens (tertiary/aromatic N) is 2. The highest BCUT2D eigenvalue weighted by Gasteiger charge is 2.09. The first kappa shape index (κ1) is 8.68. The molecule has 1 N–H and O–H groups in total. The van der Waals surface area contributed by atoms with Gasteiger partial charge in [-0.15, -0.1) is 0 Å². The lowest BCUT2D eigenvalue weighted by Crippen LogP contribution is -1.88. The van der Waals surface area contributed by atoms with Gasteiger partial charge in [-0.2, -0.15) is 0 Å². The molecule has 0 saturated heterocycles. The van der Waals surface area contributed by atoms with Gasteiger partial charge in [0.2, 0.25) is 0 Å². The van der Waals surface area contributed by atoms with Gasteiger partial charge in [-0.1, -0.05) is 29.8 Å². The van der Waals surface area contributed by atoms with Gasteiger partial charge in [-0.05, 0) is 13.0 Å². The molecule has 3 nitrogen and oxygen atoms in total. The van der Waals surface area contributed by atoms with Crippen molar-refractivity contribution >= 4 is 33.5 Å². The van der Waals surface area contributed by atoms with E-state index in [0.29, 0.717) is 11.0 Å². The highest BCUT2D eigenvalue weighted by atomic mass is 35.5. The molecule has 0 aliphatic heterocycles. The van der Waals surface area contributed by atoms with Crippen LogP contribution in [0.2, 0.25) is 5.15 Å². The minimum Gasteiger partial charge on any atom is -0.351 e. The van der Waals surface area contributed by atoms with Crippen LogP contribution < -0.4 is 0 Å². The molecule has 0 atom stereocenters. The Kier molecular flexibility index (Phi) is 1.70. The van der Waals surface area contributed by atoms with Crippen LogP contribution in [0.15, 0.2) is 24.3 Å². The molecule has 0 aliphatic carbocycles. The molecular formula is C11H8ClN3. The summed E-state index contributed by atoms with van der Waals surface area (Å²) in [5.41, 5.74) is 2.74. The Hall–Kier alpha value is -1.61. The Morgan fingerprint density at radius 1 is 1.20 bits per heavy atom. The molecule has 0 fully saturated rings. The topological polar surface area (TPSA) is 41.6 Å². The number of aromatic amines is 1. The summed E-state index contributed by atoms with van der Waals surface area (Å²) in [5, 5.41) is 1.56. The summed E-state index contributed by atoms with van der Waals surface area (Å²) in [6, 6.07) is 7.99. The van der Waals surface area contributed by atoms with Gasteiger partial charge in [-0.3, -0.25) is 0 Å². The number of halogens is 1. The van der Waals surface area contributed by atoms with Crippen molar-refractivity contribution in [3.05, 3.63) is 35.2 Å². The van der Waals surface area contributed by atoms with E-state index in [9.17, 15) is 0 Å². The fourth-order valence-corrected chi connectivity index (χ4v) is 2.04. The predicted octanol–water partition coefficient (Wildman–Crippen LogP) is 3.07. The van der Waals surface area contributed by atoms with Gasteiger partial charge in [0.25, 0.3) is 0 Å². The van der Waals surface area contributed by atoms with E-state index < -0.39 is 0 Å². The molecule has 2 aromatic heterocycles.